The molecular weight excluding hydrogens is 358 g/mol. The first kappa shape index (κ1) is 16.4. The molecule has 0 saturated heterocycles. The Labute approximate surface area is 140 Å². The Morgan fingerprint density at radius 1 is 0.905 bits per heavy atom. The summed E-state index contributed by atoms with van der Waals surface area (Å²) in [7, 11) is 0. The van der Waals surface area contributed by atoms with Gasteiger partial charge in [0.25, 0.3) is 0 Å². The van der Waals surface area contributed by atoms with Crippen molar-refractivity contribution in [3.8, 4) is 11.1 Å². The van der Waals surface area contributed by atoms with Crippen molar-refractivity contribution in [2.45, 2.75) is 6.10 Å². The van der Waals surface area contributed by atoms with Crippen LogP contribution in [0.4, 0.5) is 0 Å². The third kappa shape index (κ3) is 3.12. The summed E-state index contributed by atoms with van der Waals surface area (Å²) < 4.78 is 0. The largest absolute Gasteiger partial charge is 0.479 e. The minimum atomic E-state index is -1.72. The number of aliphatic carboxylic acids is 1. The quantitative estimate of drug-likeness (QED) is 0.745. The molecule has 0 aromatic heterocycles. The van der Waals surface area contributed by atoms with Gasteiger partial charge >= 0.3 is 5.97 Å². The van der Waals surface area contributed by atoms with E-state index in [0.29, 0.717) is 16.1 Å². The first-order valence-electron chi connectivity index (χ1n) is 5.67. The molecule has 2 aromatic carbocycles. The van der Waals surface area contributed by atoms with Gasteiger partial charge in [0.2, 0.25) is 0 Å². The molecule has 1 atom stereocenters. The molecule has 21 heavy (non-hydrogen) atoms. The second kappa shape index (κ2) is 6.42. The van der Waals surface area contributed by atoms with Gasteiger partial charge in [-0.25, -0.2) is 4.79 Å². The topological polar surface area (TPSA) is 57.5 Å². The van der Waals surface area contributed by atoms with Crippen molar-refractivity contribution in [2.75, 3.05) is 0 Å². The molecule has 0 radical (unpaired) electrons. The van der Waals surface area contributed by atoms with Gasteiger partial charge in [-0.3, -0.25) is 0 Å². The molecule has 0 aliphatic rings. The highest BCUT2D eigenvalue weighted by Gasteiger charge is 2.22. The highest BCUT2D eigenvalue weighted by Crippen LogP contribution is 2.42. The molecule has 0 saturated carbocycles. The summed E-state index contributed by atoms with van der Waals surface area (Å²) in [5, 5.41) is 19.3. The maximum Gasteiger partial charge on any atom is 0.337 e. The molecule has 3 nitrogen and oxygen atoms in total. The Morgan fingerprint density at radius 2 is 1.52 bits per heavy atom. The van der Waals surface area contributed by atoms with Crippen molar-refractivity contribution < 1.29 is 15.0 Å². The predicted octanol–water partition coefficient (Wildman–Crippen LogP) is 5.09. The summed E-state index contributed by atoms with van der Waals surface area (Å²) in [6.45, 7) is 0. The molecule has 0 heterocycles. The molecule has 110 valence electrons. The lowest BCUT2D eigenvalue weighted by Gasteiger charge is -2.14. The maximum absolute atomic E-state index is 10.9. The van der Waals surface area contributed by atoms with E-state index < -0.39 is 12.1 Å². The average molecular weight is 366 g/mol. The number of hydrogen-bond donors (Lipinski definition) is 2. The lowest BCUT2D eigenvalue weighted by Crippen LogP contribution is -2.11. The van der Waals surface area contributed by atoms with Crippen LogP contribution < -0.4 is 0 Å². The maximum atomic E-state index is 10.9. The molecule has 0 aliphatic carbocycles. The number of rotatable bonds is 3. The van der Waals surface area contributed by atoms with E-state index in [0.717, 1.165) is 0 Å². The van der Waals surface area contributed by atoms with Gasteiger partial charge in [0, 0.05) is 16.7 Å². The van der Waals surface area contributed by atoms with E-state index in [2.05, 4.69) is 0 Å². The molecule has 1 unspecified atom stereocenters. The normalized spacial score (nSPS) is 12.2. The zero-order valence-electron chi connectivity index (χ0n) is 10.3. The Balaban J connectivity index is 2.64. The van der Waals surface area contributed by atoms with Crippen LogP contribution in [0.15, 0.2) is 30.3 Å². The van der Waals surface area contributed by atoms with Gasteiger partial charge in [-0.05, 0) is 6.07 Å². The van der Waals surface area contributed by atoms with Crippen molar-refractivity contribution in [3.63, 3.8) is 0 Å². The van der Waals surface area contributed by atoms with E-state index >= 15 is 0 Å². The van der Waals surface area contributed by atoms with Crippen LogP contribution in [-0.2, 0) is 4.79 Å². The average Bonchev–Trinajstić information content (AvgIpc) is 2.45. The van der Waals surface area contributed by atoms with Crippen LogP contribution in [0.2, 0.25) is 20.1 Å². The summed E-state index contributed by atoms with van der Waals surface area (Å²) in [6, 6.07) is 7.82. The third-order valence-corrected chi connectivity index (χ3v) is 4.60. The van der Waals surface area contributed by atoms with Crippen LogP contribution in [0, 0.1) is 0 Å². The second-order valence-corrected chi connectivity index (χ2v) is 5.71. The van der Waals surface area contributed by atoms with Gasteiger partial charge in [0.1, 0.15) is 0 Å². The number of aliphatic hydroxyl groups excluding tert-OH is 1. The van der Waals surface area contributed by atoms with Crippen LogP contribution in [0.1, 0.15) is 11.7 Å². The van der Waals surface area contributed by atoms with E-state index in [9.17, 15) is 9.90 Å². The number of aliphatic hydroxyl groups is 1. The van der Waals surface area contributed by atoms with Gasteiger partial charge in [-0.2, -0.15) is 0 Å². The van der Waals surface area contributed by atoms with E-state index in [1.807, 2.05) is 0 Å². The number of hydrogen-bond acceptors (Lipinski definition) is 2. The number of benzene rings is 2. The molecule has 2 aromatic rings. The monoisotopic (exact) mass is 364 g/mol. The second-order valence-electron chi connectivity index (χ2n) is 4.17. The van der Waals surface area contributed by atoms with Gasteiger partial charge < -0.3 is 10.2 Å². The first-order valence-corrected chi connectivity index (χ1v) is 7.19. The lowest BCUT2D eigenvalue weighted by atomic mass is 10.00. The molecule has 0 fully saturated rings. The Morgan fingerprint density at radius 3 is 2.14 bits per heavy atom. The standard InChI is InChI=1S/C14H8Cl4O3/c15-9-5-4-7(11(17)12(9)18)6-2-1-3-8(10(6)16)13(19)14(20)21/h1-5,13,19H,(H,20,21). The summed E-state index contributed by atoms with van der Waals surface area (Å²) in [6.07, 6.45) is -1.72. The summed E-state index contributed by atoms with van der Waals surface area (Å²) in [5.41, 5.74) is 1.03. The molecule has 0 bridgehead atoms. The van der Waals surface area contributed by atoms with Crippen molar-refractivity contribution >= 4 is 52.4 Å². The van der Waals surface area contributed by atoms with Crippen molar-refractivity contribution in [1.82, 2.24) is 0 Å². The fourth-order valence-corrected chi connectivity index (χ4v) is 2.80. The van der Waals surface area contributed by atoms with Gasteiger partial charge in [-0.15, -0.1) is 0 Å². The number of halogens is 4. The molecule has 0 spiro atoms. The highest BCUT2D eigenvalue weighted by molar-refractivity contribution is 6.49. The zero-order chi connectivity index (χ0) is 15.7. The Hall–Kier alpha value is -0.970. The van der Waals surface area contributed by atoms with E-state index in [1.165, 1.54) is 6.07 Å². The minimum absolute atomic E-state index is 0.0730. The number of carbonyl (C=O) groups is 1. The predicted molar refractivity (Wildman–Crippen MR) is 84.5 cm³/mol. The van der Waals surface area contributed by atoms with Crippen LogP contribution >= 0.6 is 46.4 Å². The van der Waals surface area contributed by atoms with E-state index in [1.54, 1.807) is 24.3 Å². The molecule has 7 heteroatoms. The Kier molecular flexibility index (Phi) is 5.02. The smallest absolute Gasteiger partial charge is 0.337 e. The molecule has 0 amide bonds. The van der Waals surface area contributed by atoms with E-state index in [4.69, 9.17) is 51.5 Å². The van der Waals surface area contributed by atoms with Crippen molar-refractivity contribution in [3.05, 3.63) is 56.0 Å². The summed E-state index contributed by atoms with van der Waals surface area (Å²) >= 11 is 24.2. The van der Waals surface area contributed by atoms with Crippen LogP contribution in [0.5, 0.6) is 0 Å². The van der Waals surface area contributed by atoms with E-state index in [-0.39, 0.29) is 20.6 Å². The molecular formula is C14H8Cl4O3. The highest BCUT2D eigenvalue weighted by atomic mass is 35.5. The molecule has 0 aliphatic heterocycles. The lowest BCUT2D eigenvalue weighted by molar-refractivity contribution is -0.146. The van der Waals surface area contributed by atoms with Crippen LogP contribution in [0.25, 0.3) is 11.1 Å². The van der Waals surface area contributed by atoms with Crippen molar-refractivity contribution in [1.29, 1.82) is 0 Å². The zero-order valence-corrected chi connectivity index (χ0v) is 13.3. The van der Waals surface area contributed by atoms with Gasteiger partial charge in [-0.1, -0.05) is 70.7 Å². The summed E-state index contributed by atoms with van der Waals surface area (Å²) in [5.74, 6) is -1.39. The van der Waals surface area contributed by atoms with Crippen molar-refractivity contribution in [2.24, 2.45) is 0 Å². The fourth-order valence-electron chi connectivity index (χ4n) is 1.84. The van der Waals surface area contributed by atoms with Gasteiger partial charge in [0.15, 0.2) is 6.10 Å². The minimum Gasteiger partial charge on any atom is -0.479 e. The molecule has 2 N–H and O–H groups in total. The number of carboxylic acids is 1. The SMILES string of the molecule is O=C(O)C(O)c1cccc(-c2ccc(Cl)c(Cl)c2Cl)c1Cl. The Bertz CT molecular complexity index is 716. The fraction of sp³-hybridized carbons (Fsp3) is 0.0714. The molecule has 2 rings (SSSR count). The third-order valence-electron chi connectivity index (χ3n) is 2.88. The number of carboxylic acid groups (broad SMARTS) is 1. The van der Waals surface area contributed by atoms with Gasteiger partial charge in [0.05, 0.1) is 20.1 Å². The van der Waals surface area contributed by atoms with Crippen LogP contribution in [0.3, 0.4) is 0 Å². The first-order chi connectivity index (χ1) is 9.84. The summed E-state index contributed by atoms with van der Waals surface area (Å²) in [4.78, 5) is 10.9. The van der Waals surface area contributed by atoms with Crippen LogP contribution in [-0.4, -0.2) is 16.2 Å².